The first-order chi connectivity index (χ1) is 9.58. The Hall–Kier alpha value is -2.95. The number of Topliss-reactive ketones (excluding diaryl/α,β-unsaturated/α-hetero) is 1. The van der Waals surface area contributed by atoms with Gasteiger partial charge in [0.25, 0.3) is 0 Å². The van der Waals surface area contributed by atoms with E-state index in [1.54, 1.807) is 36.4 Å². The minimum atomic E-state index is -0.436. The summed E-state index contributed by atoms with van der Waals surface area (Å²) in [6.07, 6.45) is 2.98. The highest BCUT2D eigenvalue weighted by Gasteiger charge is 2.19. The maximum atomic E-state index is 11.2. The van der Waals surface area contributed by atoms with E-state index in [-0.39, 0.29) is 0 Å². The molecule has 1 aromatic carbocycles. The lowest BCUT2D eigenvalue weighted by molar-refractivity contribution is -0.110. The Balaban J connectivity index is 0.000000160. The lowest BCUT2D eigenvalue weighted by atomic mass is 9.96. The van der Waals surface area contributed by atoms with Gasteiger partial charge in [-0.15, -0.1) is 0 Å². The Kier molecular flexibility index (Phi) is 3.91. The van der Waals surface area contributed by atoms with Gasteiger partial charge >= 0.3 is 0 Å². The normalized spacial score (nSPS) is 12.4. The van der Waals surface area contributed by atoms with Gasteiger partial charge in [-0.25, -0.2) is 4.98 Å². The van der Waals surface area contributed by atoms with E-state index in [0.717, 1.165) is 5.56 Å². The molecule has 0 spiro atoms. The number of hydrogen-bond donors (Lipinski definition) is 2. The summed E-state index contributed by atoms with van der Waals surface area (Å²) in [5, 5.41) is 0. The van der Waals surface area contributed by atoms with Gasteiger partial charge in [-0.2, -0.15) is 0 Å². The minimum Gasteiger partial charge on any atom is -0.384 e. The number of fused-ring (bicyclic) bond motifs is 1. The van der Waals surface area contributed by atoms with Crippen molar-refractivity contribution in [2.24, 2.45) is 0 Å². The van der Waals surface area contributed by atoms with Crippen LogP contribution in [-0.2, 0) is 4.79 Å². The minimum absolute atomic E-state index is 0.409. The molecule has 0 aliphatic heterocycles. The van der Waals surface area contributed by atoms with Crippen molar-refractivity contribution in [1.82, 2.24) is 4.98 Å². The largest absolute Gasteiger partial charge is 0.384 e. The van der Waals surface area contributed by atoms with Crippen LogP contribution in [0.2, 0.25) is 0 Å². The number of carbonyl (C=O) groups is 2. The lowest BCUT2D eigenvalue weighted by Gasteiger charge is -2.06. The van der Waals surface area contributed by atoms with E-state index in [4.69, 9.17) is 11.5 Å². The van der Waals surface area contributed by atoms with Crippen LogP contribution in [0.3, 0.4) is 0 Å². The average molecular weight is 267 g/mol. The van der Waals surface area contributed by atoms with Crippen molar-refractivity contribution in [2.45, 2.75) is 0 Å². The first kappa shape index (κ1) is 13.5. The number of anilines is 2. The number of nitrogens with two attached hydrogens (primary N) is 2. The van der Waals surface area contributed by atoms with Crippen molar-refractivity contribution >= 4 is 29.3 Å². The predicted molar refractivity (Wildman–Crippen MR) is 77.9 cm³/mol. The third-order valence-corrected chi connectivity index (χ3v) is 2.64. The summed E-state index contributed by atoms with van der Waals surface area (Å²) in [6, 6.07) is 12.2. The van der Waals surface area contributed by atoms with E-state index in [1.807, 2.05) is 12.1 Å². The van der Waals surface area contributed by atoms with Crippen molar-refractivity contribution in [3.05, 3.63) is 59.7 Å². The second-order valence-corrected chi connectivity index (χ2v) is 4.10. The standard InChI is InChI=1S/C10H6O2.C5H7N3/c11-9-6-5-7-3-1-2-4-8(7)10(9)12;6-4-2-1-3-5(7)8-4/h1-6H;1-3H,(H4,6,7,8). The van der Waals surface area contributed by atoms with Crippen LogP contribution >= 0.6 is 0 Å². The van der Waals surface area contributed by atoms with Crippen LogP contribution in [0.5, 0.6) is 0 Å². The monoisotopic (exact) mass is 267 g/mol. The first-order valence-electron chi connectivity index (χ1n) is 5.91. The molecule has 1 aliphatic carbocycles. The van der Waals surface area contributed by atoms with E-state index >= 15 is 0 Å². The third kappa shape index (κ3) is 3.08. The Labute approximate surface area is 115 Å². The quantitative estimate of drug-likeness (QED) is 0.708. The second kappa shape index (κ2) is 5.79. The number of nitrogens with zero attached hydrogens (tertiary/aromatic N) is 1. The van der Waals surface area contributed by atoms with Gasteiger partial charge in [-0.05, 0) is 23.8 Å². The fraction of sp³-hybridized carbons (Fsp3) is 0. The molecule has 0 saturated heterocycles. The fourth-order valence-corrected chi connectivity index (χ4v) is 1.69. The van der Waals surface area contributed by atoms with Crippen LogP contribution in [0.25, 0.3) is 6.08 Å². The van der Waals surface area contributed by atoms with Crippen LogP contribution in [0.15, 0.2) is 48.5 Å². The summed E-state index contributed by atoms with van der Waals surface area (Å²) in [5.74, 6) is 0.0804. The molecule has 0 unspecified atom stereocenters. The first-order valence-corrected chi connectivity index (χ1v) is 5.91. The van der Waals surface area contributed by atoms with Crippen molar-refractivity contribution in [2.75, 3.05) is 11.5 Å². The van der Waals surface area contributed by atoms with Gasteiger partial charge in [0.05, 0.1) is 0 Å². The van der Waals surface area contributed by atoms with E-state index in [9.17, 15) is 9.59 Å². The number of hydrogen-bond acceptors (Lipinski definition) is 5. The van der Waals surface area contributed by atoms with Gasteiger partial charge < -0.3 is 11.5 Å². The summed E-state index contributed by atoms with van der Waals surface area (Å²) < 4.78 is 0. The van der Waals surface area contributed by atoms with E-state index in [1.165, 1.54) is 6.08 Å². The molecule has 0 saturated carbocycles. The molecular weight excluding hydrogens is 254 g/mol. The topological polar surface area (TPSA) is 99.1 Å². The number of ketones is 2. The highest BCUT2D eigenvalue weighted by atomic mass is 16.2. The lowest BCUT2D eigenvalue weighted by Crippen LogP contribution is -2.15. The van der Waals surface area contributed by atoms with Gasteiger partial charge in [0.15, 0.2) is 0 Å². The molecule has 1 aliphatic rings. The number of carbonyl (C=O) groups excluding carboxylic acids is 2. The molecule has 5 heteroatoms. The molecule has 20 heavy (non-hydrogen) atoms. The molecule has 1 aromatic heterocycles. The molecule has 4 N–H and O–H groups in total. The number of allylic oxidation sites excluding steroid dienone is 1. The smallest absolute Gasteiger partial charge is 0.233 e. The molecule has 5 nitrogen and oxygen atoms in total. The van der Waals surface area contributed by atoms with Gasteiger partial charge in [-0.3, -0.25) is 9.59 Å². The van der Waals surface area contributed by atoms with Crippen LogP contribution in [-0.4, -0.2) is 16.6 Å². The molecule has 1 heterocycles. The highest BCUT2D eigenvalue weighted by molar-refractivity contribution is 6.49. The van der Waals surface area contributed by atoms with E-state index in [2.05, 4.69) is 4.98 Å². The van der Waals surface area contributed by atoms with Gasteiger partial charge in [0.1, 0.15) is 11.6 Å². The maximum absolute atomic E-state index is 11.2. The van der Waals surface area contributed by atoms with Crippen LogP contribution < -0.4 is 11.5 Å². The Morgan fingerprint density at radius 2 is 1.45 bits per heavy atom. The van der Waals surface area contributed by atoms with Crippen molar-refractivity contribution in [3.8, 4) is 0 Å². The molecule has 0 atom stereocenters. The molecule has 3 rings (SSSR count). The zero-order valence-electron chi connectivity index (χ0n) is 10.6. The summed E-state index contributed by atoms with van der Waals surface area (Å²) in [5.41, 5.74) is 11.9. The van der Waals surface area contributed by atoms with Crippen LogP contribution in [0, 0.1) is 0 Å². The number of nitrogen functional groups attached to an aromatic ring is 2. The average Bonchev–Trinajstić information content (AvgIpc) is 2.44. The predicted octanol–water partition coefficient (Wildman–Crippen LogP) is 1.71. The number of aromatic nitrogens is 1. The summed E-state index contributed by atoms with van der Waals surface area (Å²) in [4.78, 5) is 25.9. The van der Waals surface area contributed by atoms with Gasteiger partial charge in [-0.1, -0.05) is 36.4 Å². The van der Waals surface area contributed by atoms with E-state index < -0.39 is 11.6 Å². The van der Waals surface area contributed by atoms with Crippen LogP contribution in [0.4, 0.5) is 11.6 Å². The summed E-state index contributed by atoms with van der Waals surface area (Å²) in [7, 11) is 0. The van der Waals surface area contributed by atoms with Gasteiger partial charge in [0.2, 0.25) is 11.6 Å². The van der Waals surface area contributed by atoms with E-state index in [0.29, 0.717) is 17.2 Å². The molecule has 0 bridgehead atoms. The summed E-state index contributed by atoms with van der Waals surface area (Å²) >= 11 is 0. The number of pyridine rings is 1. The zero-order valence-corrected chi connectivity index (χ0v) is 10.6. The number of rotatable bonds is 0. The maximum Gasteiger partial charge on any atom is 0.233 e. The highest BCUT2D eigenvalue weighted by Crippen LogP contribution is 2.16. The summed E-state index contributed by atoms with van der Waals surface area (Å²) in [6.45, 7) is 0. The van der Waals surface area contributed by atoms with Crippen molar-refractivity contribution in [3.63, 3.8) is 0 Å². The second-order valence-electron chi connectivity index (χ2n) is 4.10. The SMILES string of the molecule is Nc1cccc(N)n1.O=C1C=Cc2ccccc2C1=O. The molecule has 0 amide bonds. The van der Waals surface area contributed by atoms with Crippen molar-refractivity contribution in [1.29, 1.82) is 0 Å². The molecular formula is C15H13N3O2. The molecule has 0 radical (unpaired) electrons. The van der Waals surface area contributed by atoms with Gasteiger partial charge in [0, 0.05) is 5.56 Å². The van der Waals surface area contributed by atoms with Crippen LogP contribution in [0.1, 0.15) is 15.9 Å². The Morgan fingerprint density at radius 3 is 2.05 bits per heavy atom. The zero-order chi connectivity index (χ0) is 14.5. The van der Waals surface area contributed by atoms with Crippen molar-refractivity contribution < 1.29 is 9.59 Å². The molecule has 2 aromatic rings. The molecule has 0 fully saturated rings. The molecule has 100 valence electrons. The third-order valence-electron chi connectivity index (χ3n) is 2.64. The Morgan fingerprint density at radius 1 is 0.800 bits per heavy atom. The Bertz CT molecular complexity index is 676. The fourth-order valence-electron chi connectivity index (χ4n) is 1.69. The number of benzene rings is 1.